The Kier molecular flexibility index (Phi) is 4.11. The van der Waals surface area contributed by atoms with Gasteiger partial charge in [0.25, 0.3) is 5.89 Å². The van der Waals surface area contributed by atoms with E-state index < -0.39 is 10.0 Å². The summed E-state index contributed by atoms with van der Waals surface area (Å²) in [7, 11) is -3.29. The molecule has 3 aromatic rings. The van der Waals surface area contributed by atoms with Crippen LogP contribution in [0.1, 0.15) is 11.1 Å². The summed E-state index contributed by atoms with van der Waals surface area (Å²) in [5.41, 5.74) is 4.37. The number of aromatic nitrogens is 2. The normalized spacial score (nSPS) is 11.5. The van der Waals surface area contributed by atoms with Crippen LogP contribution in [0.3, 0.4) is 0 Å². The van der Waals surface area contributed by atoms with E-state index in [0.29, 0.717) is 17.4 Å². The van der Waals surface area contributed by atoms with Crippen molar-refractivity contribution in [3.8, 4) is 22.8 Å². The third-order valence-corrected chi connectivity index (χ3v) is 4.09. The summed E-state index contributed by atoms with van der Waals surface area (Å²) < 4.78 is 30.2. The first-order chi connectivity index (χ1) is 11.3. The van der Waals surface area contributed by atoms with Crippen molar-refractivity contribution < 1.29 is 12.9 Å². The summed E-state index contributed by atoms with van der Waals surface area (Å²) in [6.45, 7) is 4.03. The molecule has 2 aromatic carbocycles. The molecular weight excluding hydrogens is 326 g/mol. The third kappa shape index (κ3) is 3.62. The van der Waals surface area contributed by atoms with Crippen LogP contribution < -0.4 is 4.72 Å². The molecule has 24 heavy (non-hydrogen) atoms. The van der Waals surface area contributed by atoms with Gasteiger partial charge in [0.05, 0.1) is 6.26 Å². The Labute approximate surface area is 140 Å². The molecule has 0 atom stereocenters. The predicted molar refractivity (Wildman–Crippen MR) is 93.1 cm³/mol. The Morgan fingerprint density at radius 3 is 2.38 bits per heavy atom. The van der Waals surface area contributed by atoms with Crippen LogP contribution in [0.2, 0.25) is 0 Å². The van der Waals surface area contributed by atoms with E-state index in [1.165, 1.54) is 5.56 Å². The quantitative estimate of drug-likeness (QED) is 0.785. The Balaban J connectivity index is 1.88. The molecule has 0 aliphatic carbocycles. The van der Waals surface area contributed by atoms with Gasteiger partial charge in [0.1, 0.15) is 0 Å². The van der Waals surface area contributed by atoms with E-state index in [2.05, 4.69) is 20.9 Å². The molecule has 7 heteroatoms. The Bertz CT molecular complexity index is 977. The molecule has 1 N–H and O–H groups in total. The fourth-order valence-electron chi connectivity index (χ4n) is 2.41. The second-order valence-electron chi connectivity index (χ2n) is 5.69. The maximum absolute atomic E-state index is 11.2. The Morgan fingerprint density at radius 1 is 1.04 bits per heavy atom. The van der Waals surface area contributed by atoms with E-state index in [1.54, 1.807) is 24.3 Å². The zero-order valence-electron chi connectivity index (χ0n) is 13.6. The summed E-state index contributed by atoms with van der Waals surface area (Å²) in [5.74, 6) is 0.914. The van der Waals surface area contributed by atoms with Crippen LogP contribution in [0.25, 0.3) is 22.8 Å². The lowest BCUT2D eigenvalue weighted by molar-refractivity contribution is 0.432. The lowest BCUT2D eigenvalue weighted by Crippen LogP contribution is -2.09. The molecule has 0 saturated carbocycles. The van der Waals surface area contributed by atoms with Gasteiger partial charge in [-0.25, -0.2) is 8.42 Å². The molecule has 0 spiro atoms. The van der Waals surface area contributed by atoms with Gasteiger partial charge in [0.15, 0.2) is 0 Å². The Hall–Kier alpha value is -2.67. The van der Waals surface area contributed by atoms with Gasteiger partial charge in [-0.3, -0.25) is 4.72 Å². The van der Waals surface area contributed by atoms with Crippen molar-refractivity contribution in [2.45, 2.75) is 13.8 Å². The minimum Gasteiger partial charge on any atom is -0.334 e. The second kappa shape index (κ2) is 6.09. The highest BCUT2D eigenvalue weighted by Crippen LogP contribution is 2.26. The van der Waals surface area contributed by atoms with Gasteiger partial charge >= 0.3 is 0 Å². The molecule has 6 nitrogen and oxygen atoms in total. The molecule has 1 aromatic heterocycles. The van der Waals surface area contributed by atoms with Gasteiger partial charge in [0, 0.05) is 16.8 Å². The highest BCUT2D eigenvalue weighted by atomic mass is 32.2. The largest absolute Gasteiger partial charge is 0.334 e. The summed E-state index contributed by atoms with van der Waals surface area (Å²) in [6, 6.07) is 12.8. The molecule has 124 valence electrons. The zero-order chi connectivity index (χ0) is 17.3. The lowest BCUT2D eigenvalue weighted by Gasteiger charge is -2.03. The van der Waals surface area contributed by atoms with Crippen LogP contribution in [-0.4, -0.2) is 24.8 Å². The smallest absolute Gasteiger partial charge is 0.258 e. The van der Waals surface area contributed by atoms with E-state index in [4.69, 9.17) is 4.52 Å². The number of rotatable bonds is 4. The van der Waals surface area contributed by atoms with E-state index in [9.17, 15) is 8.42 Å². The topological polar surface area (TPSA) is 85.1 Å². The fraction of sp³-hybridized carbons (Fsp3) is 0.176. The average Bonchev–Trinajstić information content (AvgIpc) is 2.96. The molecule has 0 bridgehead atoms. The monoisotopic (exact) mass is 343 g/mol. The molecule has 0 saturated heterocycles. The van der Waals surface area contributed by atoms with Crippen molar-refractivity contribution >= 4 is 15.7 Å². The maximum atomic E-state index is 11.2. The molecular formula is C17H17N3O3S. The lowest BCUT2D eigenvalue weighted by atomic mass is 10.1. The van der Waals surface area contributed by atoms with E-state index >= 15 is 0 Å². The standard InChI is InChI=1S/C17H17N3O3S/c1-11-4-9-15(12(2)10-11)17-18-16(19-23-17)13-5-7-14(8-6-13)20-24(3,21)22/h4-10,20H,1-3H3. The average molecular weight is 343 g/mol. The van der Waals surface area contributed by atoms with Crippen molar-refractivity contribution in [2.75, 3.05) is 11.0 Å². The summed E-state index contributed by atoms with van der Waals surface area (Å²) in [6.07, 6.45) is 1.11. The highest BCUT2D eigenvalue weighted by Gasteiger charge is 2.13. The van der Waals surface area contributed by atoms with Crippen molar-refractivity contribution in [3.63, 3.8) is 0 Å². The number of nitrogens with zero attached hydrogens (tertiary/aromatic N) is 2. The molecule has 0 unspecified atom stereocenters. The summed E-state index contributed by atoms with van der Waals surface area (Å²) in [5, 5.41) is 4.01. The van der Waals surface area contributed by atoms with Crippen molar-refractivity contribution in [2.24, 2.45) is 0 Å². The molecule has 0 radical (unpaired) electrons. The van der Waals surface area contributed by atoms with Crippen LogP contribution in [0.15, 0.2) is 47.0 Å². The van der Waals surface area contributed by atoms with Gasteiger partial charge in [-0.15, -0.1) is 0 Å². The van der Waals surface area contributed by atoms with Crippen LogP contribution in [0.5, 0.6) is 0 Å². The van der Waals surface area contributed by atoms with E-state index in [0.717, 1.165) is 22.9 Å². The van der Waals surface area contributed by atoms with Crippen LogP contribution >= 0.6 is 0 Å². The van der Waals surface area contributed by atoms with Crippen molar-refractivity contribution in [1.29, 1.82) is 0 Å². The first-order valence-corrected chi connectivity index (χ1v) is 9.20. The molecule has 0 fully saturated rings. The van der Waals surface area contributed by atoms with Crippen LogP contribution in [0, 0.1) is 13.8 Å². The molecule has 0 aliphatic rings. The maximum Gasteiger partial charge on any atom is 0.258 e. The summed E-state index contributed by atoms with van der Waals surface area (Å²) in [4.78, 5) is 4.43. The number of nitrogens with one attached hydrogen (secondary N) is 1. The van der Waals surface area contributed by atoms with E-state index in [-0.39, 0.29) is 0 Å². The third-order valence-electron chi connectivity index (χ3n) is 3.48. The number of sulfonamides is 1. The van der Waals surface area contributed by atoms with Gasteiger partial charge in [-0.1, -0.05) is 22.9 Å². The second-order valence-corrected chi connectivity index (χ2v) is 7.44. The van der Waals surface area contributed by atoms with Gasteiger partial charge in [-0.2, -0.15) is 4.98 Å². The van der Waals surface area contributed by atoms with Gasteiger partial charge < -0.3 is 4.52 Å². The number of benzene rings is 2. The first kappa shape index (κ1) is 16.2. The molecule has 0 amide bonds. The minimum atomic E-state index is -3.29. The summed E-state index contributed by atoms with van der Waals surface area (Å²) >= 11 is 0. The zero-order valence-corrected chi connectivity index (χ0v) is 14.4. The SMILES string of the molecule is Cc1ccc(-c2nc(-c3ccc(NS(C)(=O)=O)cc3)no2)c(C)c1. The predicted octanol–water partition coefficient (Wildman–Crippen LogP) is 3.39. The van der Waals surface area contributed by atoms with Gasteiger partial charge in [0.2, 0.25) is 15.8 Å². The highest BCUT2D eigenvalue weighted by molar-refractivity contribution is 7.92. The van der Waals surface area contributed by atoms with Crippen molar-refractivity contribution in [3.05, 3.63) is 53.6 Å². The molecule has 1 heterocycles. The number of hydrogen-bond acceptors (Lipinski definition) is 5. The number of aryl methyl sites for hydroxylation is 2. The van der Waals surface area contributed by atoms with Crippen LogP contribution in [0.4, 0.5) is 5.69 Å². The Morgan fingerprint density at radius 2 is 1.75 bits per heavy atom. The fourth-order valence-corrected chi connectivity index (χ4v) is 2.97. The van der Waals surface area contributed by atoms with Crippen LogP contribution in [-0.2, 0) is 10.0 Å². The van der Waals surface area contributed by atoms with Crippen molar-refractivity contribution in [1.82, 2.24) is 10.1 Å². The minimum absolute atomic E-state index is 0.455. The molecule has 0 aliphatic heterocycles. The molecule has 3 rings (SSSR count). The van der Waals surface area contributed by atoms with E-state index in [1.807, 2.05) is 26.0 Å². The number of anilines is 1. The number of hydrogen-bond donors (Lipinski definition) is 1. The van der Waals surface area contributed by atoms with Gasteiger partial charge in [-0.05, 0) is 49.7 Å². The first-order valence-electron chi connectivity index (χ1n) is 7.31.